The van der Waals surface area contributed by atoms with Gasteiger partial charge in [-0.1, -0.05) is 47.3 Å². The van der Waals surface area contributed by atoms with Crippen molar-refractivity contribution in [3.8, 4) is 11.3 Å². The van der Waals surface area contributed by atoms with Gasteiger partial charge in [-0.25, -0.2) is 5.10 Å². The lowest BCUT2D eigenvalue weighted by molar-refractivity contribution is -0.127. The number of amides is 1. The van der Waals surface area contributed by atoms with Crippen LogP contribution >= 0.6 is 11.8 Å². The highest BCUT2D eigenvalue weighted by atomic mass is 32.2. The molecule has 8 nitrogen and oxygen atoms in total. The molecule has 24 heavy (non-hydrogen) atoms. The fourth-order valence-corrected chi connectivity index (χ4v) is 2.76. The van der Waals surface area contributed by atoms with Crippen molar-refractivity contribution >= 4 is 23.6 Å². The molecule has 0 radical (unpaired) electrons. The number of hydrogen-bond acceptors (Lipinski definition) is 7. The lowest BCUT2D eigenvalue weighted by Gasteiger charge is -2.14. The molecule has 0 unspecified atom stereocenters. The average Bonchev–Trinajstić information content (AvgIpc) is 3.22. The number of rotatable bonds is 6. The number of nitrogen functional groups attached to an aromatic ring is 1. The number of benzene rings is 1. The number of nitrogens with two attached hydrogens (primary N) is 1. The van der Waals surface area contributed by atoms with Crippen LogP contribution in [0.5, 0.6) is 0 Å². The van der Waals surface area contributed by atoms with Gasteiger partial charge in [0.2, 0.25) is 17.0 Å². The highest BCUT2D eigenvalue weighted by molar-refractivity contribution is 7.99. The maximum atomic E-state index is 12.2. The molecule has 0 saturated heterocycles. The molecule has 0 spiro atoms. The fraction of sp³-hybridized carbons (Fsp3) is 0.200. The van der Waals surface area contributed by atoms with Crippen molar-refractivity contribution in [2.24, 2.45) is 0 Å². The van der Waals surface area contributed by atoms with Gasteiger partial charge in [0.1, 0.15) is 5.69 Å². The summed E-state index contributed by atoms with van der Waals surface area (Å²) in [5, 5.41) is 10.9. The Morgan fingerprint density at radius 3 is 2.88 bits per heavy atom. The van der Waals surface area contributed by atoms with Crippen LogP contribution in [0.4, 0.5) is 5.95 Å². The monoisotopic (exact) mass is 344 g/mol. The normalized spacial score (nSPS) is 10.7. The van der Waals surface area contributed by atoms with Crippen molar-refractivity contribution in [1.82, 2.24) is 25.2 Å². The van der Waals surface area contributed by atoms with Crippen molar-refractivity contribution in [2.75, 3.05) is 18.5 Å². The highest BCUT2D eigenvalue weighted by Crippen LogP contribution is 2.19. The molecule has 9 heteroatoms. The lowest BCUT2D eigenvalue weighted by Crippen LogP contribution is -2.27. The number of thioether (sulfide) groups is 1. The van der Waals surface area contributed by atoms with Gasteiger partial charge in [-0.3, -0.25) is 4.79 Å². The van der Waals surface area contributed by atoms with Gasteiger partial charge in [0.15, 0.2) is 5.76 Å². The molecule has 0 aliphatic carbocycles. The van der Waals surface area contributed by atoms with E-state index in [-0.39, 0.29) is 17.6 Å². The van der Waals surface area contributed by atoms with E-state index < -0.39 is 0 Å². The Hall–Kier alpha value is -2.81. The van der Waals surface area contributed by atoms with Gasteiger partial charge < -0.3 is 15.2 Å². The lowest BCUT2D eigenvalue weighted by atomic mass is 10.1. The zero-order valence-electron chi connectivity index (χ0n) is 13.0. The number of aromatic nitrogens is 4. The van der Waals surface area contributed by atoms with Crippen LogP contribution < -0.4 is 5.73 Å². The largest absolute Gasteiger partial charge is 0.368 e. The van der Waals surface area contributed by atoms with Crippen LogP contribution in [0.15, 0.2) is 46.1 Å². The molecule has 2 aromatic heterocycles. The van der Waals surface area contributed by atoms with E-state index in [0.717, 1.165) is 11.3 Å². The minimum atomic E-state index is -0.0685. The predicted molar refractivity (Wildman–Crippen MR) is 89.9 cm³/mol. The molecule has 0 aliphatic heterocycles. The summed E-state index contributed by atoms with van der Waals surface area (Å²) >= 11 is 1.22. The van der Waals surface area contributed by atoms with E-state index in [4.69, 9.17) is 10.3 Å². The quantitative estimate of drug-likeness (QED) is 0.655. The SMILES string of the molecule is CN(Cc1cc(-c2ccccc2)no1)C(=O)CSc1n[nH]c(N)n1. The molecule has 0 saturated carbocycles. The predicted octanol–water partition coefficient (Wildman–Crippen LogP) is 1.79. The number of aromatic amines is 1. The number of carbonyl (C=O) groups is 1. The number of nitrogens with zero attached hydrogens (tertiary/aromatic N) is 4. The molecule has 0 fully saturated rings. The third kappa shape index (κ3) is 3.93. The number of nitrogens with one attached hydrogen (secondary N) is 1. The van der Waals surface area contributed by atoms with Gasteiger partial charge in [-0.05, 0) is 0 Å². The van der Waals surface area contributed by atoms with Gasteiger partial charge in [0.25, 0.3) is 0 Å². The second-order valence-corrected chi connectivity index (χ2v) is 6.03. The molecule has 124 valence electrons. The van der Waals surface area contributed by atoms with Crippen LogP contribution in [0.3, 0.4) is 0 Å². The Labute approximate surface area is 142 Å². The van der Waals surface area contributed by atoms with E-state index >= 15 is 0 Å². The standard InChI is InChI=1S/C15H16N6O2S/c1-21(13(22)9-24-15-17-14(16)18-19-15)8-11-7-12(20-23-11)10-5-3-2-4-6-10/h2-7H,8-9H2,1H3,(H3,16,17,18,19). The van der Waals surface area contributed by atoms with Crippen LogP contribution in [0.25, 0.3) is 11.3 Å². The topological polar surface area (TPSA) is 114 Å². The number of carbonyl (C=O) groups excluding carboxylic acids is 1. The molecule has 0 atom stereocenters. The van der Waals surface area contributed by atoms with E-state index in [1.807, 2.05) is 36.4 Å². The first-order valence-corrected chi connectivity index (χ1v) is 8.16. The summed E-state index contributed by atoms with van der Waals surface area (Å²) in [4.78, 5) is 17.7. The molecular weight excluding hydrogens is 328 g/mol. The minimum absolute atomic E-state index is 0.0685. The van der Waals surface area contributed by atoms with Crippen molar-refractivity contribution in [3.63, 3.8) is 0 Å². The molecule has 0 bridgehead atoms. The Morgan fingerprint density at radius 1 is 1.38 bits per heavy atom. The minimum Gasteiger partial charge on any atom is -0.368 e. The summed E-state index contributed by atoms with van der Waals surface area (Å²) in [6, 6.07) is 11.6. The summed E-state index contributed by atoms with van der Waals surface area (Å²) in [5.74, 6) is 0.999. The summed E-state index contributed by atoms with van der Waals surface area (Å²) < 4.78 is 5.31. The van der Waals surface area contributed by atoms with Gasteiger partial charge in [-0.15, -0.1) is 5.10 Å². The van der Waals surface area contributed by atoms with Crippen molar-refractivity contribution < 1.29 is 9.32 Å². The van der Waals surface area contributed by atoms with E-state index in [0.29, 0.717) is 17.5 Å². The van der Waals surface area contributed by atoms with Gasteiger partial charge in [0.05, 0.1) is 12.3 Å². The third-order valence-electron chi connectivity index (χ3n) is 3.25. The Kier molecular flexibility index (Phi) is 4.80. The molecule has 3 rings (SSSR count). The van der Waals surface area contributed by atoms with Crippen molar-refractivity contribution in [2.45, 2.75) is 11.7 Å². The Morgan fingerprint density at radius 2 is 2.17 bits per heavy atom. The highest BCUT2D eigenvalue weighted by Gasteiger charge is 2.14. The van der Waals surface area contributed by atoms with E-state index in [1.165, 1.54) is 11.8 Å². The molecule has 3 N–H and O–H groups in total. The van der Waals surface area contributed by atoms with Gasteiger partial charge in [-0.2, -0.15) is 4.98 Å². The maximum absolute atomic E-state index is 12.2. The molecule has 1 aromatic carbocycles. The van der Waals surface area contributed by atoms with Crippen molar-refractivity contribution in [1.29, 1.82) is 0 Å². The van der Waals surface area contributed by atoms with Gasteiger partial charge in [0, 0.05) is 18.7 Å². The van der Waals surface area contributed by atoms with E-state index in [9.17, 15) is 4.79 Å². The van der Waals surface area contributed by atoms with E-state index in [1.54, 1.807) is 11.9 Å². The van der Waals surface area contributed by atoms with Gasteiger partial charge >= 0.3 is 0 Å². The van der Waals surface area contributed by atoms with Crippen LogP contribution in [0.2, 0.25) is 0 Å². The average molecular weight is 344 g/mol. The number of H-pyrrole nitrogens is 1. The summed E-state index contributed by atoms with van der Waals surface area (Å²) in [7, 11) is 1.71. The van der Waals surface area contributed by atoms with Crippen LogP contribution in [-0.2, 0) is 11.3 Å². The smallest absolute Gasteiger partial charge is 0.233 e. The number of anilines is 1. The Bertz CT molecular complexity index is 816. The summed E-state index contributed by atoms with van der Waals surface area (Å²) in [6.45, 7) is 0.343. The fourth-order valence-electron chi connectivity index (χ4n) is 2.01. The first kappa shape index (κ1) is 16.1. The maximum Gasteiger partial charge on any atom is 0.233 e. The summed E-state index contributed by atoms with van der Waals surface area (Å²) in [5.41, 5.74) is 7.16. The first-order chi connectivity index (χ1) is 11.6. The van der Waals surface area contributed by atoms with Crippen molar-refractivity contribution in [3.05, 3.63) is 42.2 Å². The second-order valence-electron chi connectivity index (χ2n) is 5.09. The molecule has 3 aromatic rings. The van der Waals surface area contributed by atoms with E-state index in [2.05, 4.69) is 20.3 Å². The molecule has 2 heterocycles. The second kappa shape index (κ2) is 7.18. The van der Waals surface area contributed by atoms with Crippen LogP contribution in [0.1, 0.15) is 5.76 Å². The first-order valence-electron chi connectivity index (χ1n) is 7.17. The number of hydrogen-bond donors (Lipinski definition) is 2. The molecule has 1 amide bonds. The zero-order valence-corrected chi connectivity index (χ0v) is 13.8. The third-order valence-corrected chi connectivity index (χ3v) is 4.09. The summed E-state index contributed by atoms with van der Waals surface area (Å²) in [6.07, 6.45) is 0. The Balaban J connectivity index is 1.55. The molecule has 0 aliphatic rings. The molecular formula is C15H16N6O2S. The zero-order chi connectivity index (χ0) is 16.9. The van der Waals surface area contributed by atoms with Crippen LogP contribution in [-0.4, -0.2) is 43.9 Å². The van der Waals surface area contributed by atoms with Crippen LogP contribution in [0, 0.1) is 0 Å².